The van der Waals surface area contributed by atoms with Crippen LogP contribution in [-0.2, 0) is 15.6 Å². The number of nitrogens with one attached hydrogen (secondary N) is 1. The van der Waals surface area contributed by atoms with Gasteiger partial charge in [0, 0.05) is 6.54 Å². The number of hydrogen-bond acceptors (Lipinski definition) is 3. The molecule has 1 rings (SSSR count). The van der Waals surface area contributed by atoms with E-state index in [4.69, 9.17) is 0 Å². The summed E-state index contributed by atoms with van der Waals surface area (Å²) in [5.41, 5.74) is -0.913. The van der Waals surface area contributed by atoms with E-state index in [0.717, 1.165) is 0 Å². The molecule has 0 aromatic heterocycles. The summed E-state index contributed by atoms with van der Waals surface area (Å²) in [5.74, 6) is -0.0734. The second-order valence-electron chi connectivity index (χ2n) is 5.60. The minimum absolute atomic E-state index is 0.0319. The normalized spacial score (nSPS) is 15.3. The summed E-state index contributed by atoms with van der Waals surface area (Å²) in [4.78, 5) is 0. The van der Waals surface area contributed by atoms with Crippen LogP contribution in [0, 0.1) is 11.7 Å². The molecule has 0 amide bonds. The minimum atomic E-state index is -3.41. The van der Waals surface area contributed by atoms with Gasteiger partial charge in [0.25, 0.3) is 0 Å². The van der Waals surface area contributed by atoms with Crippen molar-refractivity contribution in [3.05, 3.63) is 35.6 Å². The van der Waals surface area contributed by atoms with Gasteiger partial charge in [0.1, 0.15) is 11.4 Å². The van der Waals surface area contributed by atoms with Crippen molar-refractivity contribution in [3.8, 4) is 0 Å². The summed E-state index contributed by atoms with van der Waals surface area (Å²) in [6.07, 6.45) is 0.564. The molecular formula is C14H22FNO3S. The van der Waals surface area contributed by atoms with E-state index in [-0.39, 0.29) is 12.3 Å². The standard InChI is InChI=1S/C14H22FNO3S/c1-11(2)8-9-20(18,19)16-10-14(3,17)12-4-6-13(15)7-5-12/h4-7,11,16-17H,8-10H2,1-3H3. The summed E-state index contributed by atoms with van der Waals surface area (Å²) in [5, 5.41) is 10.3. The van der Waals surface area contributed by atoms with Crippen LogP contribution >= 0.6 is 0 Å². The summed E-state index contributed by atoms with van der Waals surface area (Å²) >= 11 is 0. The van der Waals surface area contributed by atoms with E-state index in [9.17, 15) is 17.9 Å². The quantitative estimate of drug-likeness (QED) is 0.809. The third-order valence-corrected chi connectivity index (χ3v) is 4.42. The lowest BCUT2D eigenvalue weighted by Crippen LogP contribution is -2.39. The summed E-state index contributed by atoms with van der Waals surface area (Å²) in [6, 6.07) is 5.35. The van der Waals surface area contributed by atoms with E-state index >= 15 is 0 Å². The first kappa shape index (κ1) is 17.1. The minimum Gasteiger partial charge on any atom is -0.384 e. The second-order valence-corrected chi connectivity index (χ2v) is 7.53. The van der Waals surface area contributed by atoms with Crippen molar-refractivity contribution in [1.82, 2.24) is 4.72 Å². The Labute approximate surface area is 120 Å². The zero-order valence-corrected chi connectivity index (χ0v) is 12.9. The molecule has 114 valence electrons. The van der Waals surface area contributed by atoms with Crippen LogP contribution in [0.1, 0.15) is 32.8 Å². The lowest BCUT2D eigenvalue weighted by Gasteiger charge is -2.24. The Balaban J connectivity index is 2.65. The SMILES string of the molecule is CC(C)CCS(=O)(=O)NCC(C)(O)c1ccc(F)cc1. The van der Waals surface area contributed by atoms with Crippen LogP contribution in [0.3, 0.4) is 0 Å². The molecule has 0 saturated heterocycles. The van der Waals surface area contributed by atoms with Gasteiger partial charge in [-0.2, -0.15) is 0 Å². The fourth-order valence-corrected chi connectivity index (χ4v) is 3.05. The van der Waals surface area contributed by atoms with E-state index < -0.39 is 21.4 Å². The van der Waals surface area contributed by atoms with Crippen molar-refractivity contribution in [2.45, 2.75) is 32.8 Å². The number of sulfonamides is 1. The molecule has 1 aromatic rings. The summed E-state index contributed by atoms with van der Waals surface area (Å²) < 4.78 is 38.8. The molecule has 0 spiro atoms. The van der Waals surface area contributed by atoms with Crippen molar-refractivity contribution in [1.29, 1.82) is 0 Å². The van der Waals surface area contributed by atoms with Gasteiger partial charge in [-0.15, -0.1) is 0 Å². The number of benzene rings is 1. The molecular weight excluding hydrogens is 281 g/mol. The van der Waals surface area contributed by atoms with Gasteiger partial charge in [-0.05, 0) is 37.0 Å². The Morgan fingerprint density at radius 1 is 1.30 bits per heavy atom. The molecule has 0 aliphatic heterocycles. The average Bonchev–Trinajstić information content (AvgIpc) is 2.35. The zero-order chi connectivity index (χ0) is 15.4. The molecule has 0 aliphatic carbocycles. The highest BCUT2D eigenvalue weighted by molar-refractivity contribution is 7.89. The van der Waals surface area contributed by atoms with Gasteiger partial charge in [-0.3, -0.25) is 0 Å². The van der Waals surface area contributed by atoms with E-state index in [1.807, 2.05) is 13.8 Å². The fourth-order valence-electron chi connectivity index (χ4n) is 1.62. The van der Waals surface area contributed by atoms with Gasteiger partial charge < -0.3 is 5.11 Å². The predicted molar refractivity (Wildman–Crippen MR) is 77.2 cm³/mol. The monoisotopic (exact) mass is 303 g/mol. The van der Waals surface area contributed by atoms with Crippen molar-refractivity contribution >= 4 is 10.0 Å². The van der Waals surface area contributed by atoms with Gasteiger partial charge in [-0.25, -0.2) is 17.5 Å². The molecule has 0 heterocycles. The summed E-state index contributed by atoms with van der Waals surface area (Å²) in [6.45, 7) is 5.25. The van der Waals surface area contributed by atoms with Crippen molar-refractivity contribution in [2.75, 3.05) is 12.3 Å². The average molecular weight is 303 g/mol. The molecule has 0 radical (unpaired) electrons. The molecule has 1 aromatic carbocycles. The maximum absolute atomic E-state index is 12.8. The van der Waals surface area contributed by atoms with E-state index in [0.29, 0.717) is 17.9 Å². The second kappa shape index (κ2) is 6.65. The van der Waals surface area contributed by atoms with Crippen LogP contribution in [-0.4, -0.2) is 25.8 Å². The van der Waals surface area contributed by atoms with Crippen molar-refractivity contribution < 1.29 is 17.9 Å². The highest BCUT2D eigenvalue weighted by atomic mass is 32.2. The Morgan fingerprint density at radius 2 is 1.85 bits per heavy atom. The Kier molecular flexibility index (Phi) is 5.68. The van der Waals surface area contributed by atoms with Crippen molar-refractivity contribution in [2.24, 2.45) is 5.92 Å². The first-order valence-electron chi connectivity index (χ1n) is 6.58. The van der Waals surface area contributed by atoms with Gasteiger partial charge in [-0.1, -0.05) is 26.0 Å². The fraction of sp³-hybridized carbons (Fsp3) is 0.571. The van der Waals surface area contributed by atoms with Crippen LogP contribution in [0.25, 0.3) is 0 Å². The maximum atomic E-state index is 12.8. The van der Waals surface area contributed by atoms with Crippen LogP contribution in [0.15, 0.2) is 24.3 Å². The molecule has 4 nitrogen and oxygen atoms in total. The first-order chi connectivity index (χ1) is 9.12. The lowest BCUT2D eigenvalue weighted by atomic mass is 9.96. The molecule has 0 saturated carbocycles. The molecule has 20 heavy (non-hydrogen) atoms. The van der Waals surface area contributed by atoms with Gasteiger partial charge in [0.2, 0.25) is 10.0 Å². The highest BCUT2D eigenvalue weighted by Crippen LogP contribution is 2.20. The van der Waals surface area contributed by atoms with Crippen LogP contribution < -0.4 is 4.72 Å². The Hall–Kier alpha value is -0.980. The predicted octanol–water partition coefficient (Wildman–Crippen LogP) is 2.00. The number of hydrogen-bond donors (Lipinski definition) is 2. The van der Waals surface area contributed by atoms with Crippen LogP contribution in [0.4, 0.5) is 4.39 Å². The molecule has 2 N–H and O–H groups in total. The van der Waals surface area contributed by atoms with E-state index in [1.54, 1.807) is 0 Å². The highest BCUT2D eigenvalue weighted by Gasteiger charge is 2.25. The smallest absolute Gasteiger partial charge is 0.211 e. The third kappa shape index (κ3) is 5.56. The maximum Gasteiger partial charge on any atom is 0.211 e. The zero-order valence-electron chi connectivity index (χ0n) is 12.1. The van der Waals surface area contributed by atoms with Gasteiger partial charge in [0.15, 0.2) is 0 Å². The van der Waals surface area contributed by atoms with E-state index in [1.165, 1.54) is 31.2 Å². The lowest BCUT2D eigenvalue weighted by molar-refractivity contribution is 0.0627. The summed E-state index contributed by atoms with van der Waals surface area (Å²) in [7, 11) is -3.41. The Bertz CT molecular complexity index is 524. The number of rotatable bonds is 7. The number of aliphatic hydroxyl groups is 1. The molecule has 0 fully saturated rings. The first-order valence-corrected chi connectivity index (χ1v) is 8.23. The number of halogens is 1. The van der Waals surface area contributed by atoms with E-state index in [2.05, 4.69) is 4.72 Å². The van der Waals surface area contributed by atoms with Gasteiger partial charge in [0.05, 0.1) is 5.75 Å². The topological polar surface area (TPSA) is 66.4 Å². The molecule has 0 aliphatic rings. The molecule has 6 heteroatoms. The van der Waals surface area contributed by atoms with Crippen LogP contribution in [0.5, 0.6) is 0 Å². The largest absolute Gasteiger partial charge is 0.384 e. The van der Waals surface area contributed by atoms with Gasteiger partial charge >= 0.3 is 0 Å². The Morgan fingerprint density at radius 3 is 2.35 bits per heavy atom. The third-order valence-electron chi connectivity index (χ3n) is 3.07. The molecule has 1 atom stereocenters. The van der Waals surface area contributed by atoms with Crippen molar-refractivity contribution in [3.63, 3.8) is 0 Å². The molecule has 0 bridgehead atoms. The van der Waals surface area contributed by atoms with Crippen LogP contribution in [0.2, 0.25) is 0 Å². The molecule has 1 unspecified atom stereocenters.